The lowest BCUT2D eigenvalue weighted by Gasteiger charge is -2.08. The largest absolute Gasteiger partial charge is 0.454 e. The van der Waals surface area contributed by atoms with Crippen LogP contribution in [0.4, 0.5) is 0 Å². The first-order chi connectivity index (χ1) is 10.8. The average Bonchev–Trinajstić information content (AvgIpc) is 3.15. The predicted molar refractivity (Wildman–Crippen MR) is 79.0 cm³/mol. The van der Waals surface area contributed by atoms with Crippen LogP contribution in [0.3, 0.4) is 0 Å². The van der Waals surface area contributed by atoms with E-state index in [0.717, 1.165) is 11.1 Å². The third-order valence-electron chi connectivity index (χ3n) is 3.54. The standard InChI is InChI=1S/C17H13NO4/c19-17-13(18-16(22-17)12-4-2-1-3-5-12)8-11-6-7-14-15(9-11)21-10-20-14/h1-9,16,18H,10H2/b13-8+/t16-/m0/s1. The summed E-state index contributed by atoms with van der Waals surface area (Å²) >= 11 is 0. The summed E-state index contributed by atoms with van der Waals surface area (Å²) in [5.41, 5.74) is 2.18. The fourth-order valence-electron chi connectivity index (χ4n) is 2.45. The van der Waals surface area contributed by atoms with E-state index in [-0.39, 0.29) is 12.8 Å². The Morgan fingerprint density at radius 1 is 1.05 bits per heavy atom. The first kappa shape index (κ1) is 12.8. The van der Waals surface area contributed by atoms with Gasteiger partial charge in [-0.05, 0) is 23.8 Å². The number of rotatable bonds is 2. The van der Waals surface area contributed by atoms with E-state index in [2.05, 4.69) is 5.32 Å². The van der Waals surface area contributed by atoms with Crippen LogP contribution >= 0.6 is 0 Å². The van der Waals surface area contributed by atoms with Crippen molar-refractivity contribution in [3.05, 3.63) is 65.4 Å². The van der Waals surface area contributed by atoms with Crippen LogP contribution < -0.4 is 14.8 Å². The number of nitrogens with one attached hydrogen (secondary N) is 1. The summed E-state index contributed by atoms with van der Waals surface area (Å²) in [5.74, 6) is 1.03. The Balaban J connectivity index is 1.59. The van der Waals surface area contributed by atoms with Gasteiger partial charge >= 0.3 is 5.97 Å². The molecule has 2 aliphatic heterocycles. The van der Waals surface area contributed by atoms with Gasteiger partial charge in [-0.1, -0.05) is 36.4 Å². The van der Waals surface area contributed by atoms with E-state index in [9.17, 15) is 4.79 Å². The highest BCUT2D eigenvalue weighted by atomic mass is 16.7. The van der Waals surface area contributed by atoms with Gasteiger partial charge in [-0.3, -0.25) is 0 Å². The quantitative estimate of drug-likeness (QED) is 0.682. The highest BCUT2D eigenvalue weighted by Gasteiger charge is 2.29. The minimum Gasteiger partial charge on any atom is -0.454 e. The van der Waals surface area contributed by atoms with Gasteiger partial charge in [-0.15, -0.1) is 0 Å². The van der Waals surface area contributed by atoms with Crippen LogP contribution in [0.15, 0.2) is 54.2 Å². The number of ether oxygens (including phenoxy) is 3. The van der Waals surface area contributed by atoms with Crippen LogP contribution in [-0.2, 0) is 9.53 Å². The molecule has 0 saturated carbocycles. The molecular formula is C17H13NO4. The zero-order chi connectivity index (χ0) is 14.9. The van der Waals surface area contributed by atoms with Crippen molar-refractivity contribution in [2.75, 3.05) is 6.79 Å². The molecule has 4 rings (SSSR count). The second-order valence-corrected chi connectivity index (χ2v) is 5.01. The molecule has 5 nitrogen and oxygen atoms in total. The van der Waals surface area contributed by atoms with Crippen molar-refractivity contribution in [2.24, 2.45) is 0 Å². The number of carbonyl (C=O) groups excluding carboxylic acids is 1. The lowest BCUT2D eigenvalue weighted by molar-refractivity contribution is -0.139. The molecule has 2 heterocycles. The molecule has 0 amide bonds. The monoisotopic (exact) mass is 295 g/mol. The maximum atomic E-state index is 12.0. The van der Waals surface area contributed by atoms with Gasteiger partial charge in [0.2, 0.25) is 6.79 Å². The van der Waals surface area contributed by atoms with Gasteiger partial charge in [0.05, 0.1) is 0 Å². The van der Waals surface area contributed by atoms with Gasteiger partial charge < -0.3 is 19.5 Å². The van der Waals surface area contributed by atoms with Gasteiger partial charge in [0, 0.05) is 5.56 Å². The zero-order valence-electron chi connectivity index (χ0n) is 11.6. The van der Waals surface area contributed by atoms with Crippen molar-refractivity contribution < 1.29 is 19.0 Å². The maximum Gasteiger partial charge on any atom is 0.356 e. The van der Waals surface area contributed by atoms with Crippen molar-refractivity contribution in [3.8, 4) is 11.5 Å². The number of hydrogen-bond acceptors (Lipinski definition) is 5. The molecule has 2 aromatic carbocycles. The third-order valence-corrected chi connectivity index (χ3v) is 3.54. The van der Waals surface area contributed by atoms with Crippen LogP contribution in [0.25, 0.3) is 6.08 Å². The van der Waals surface area contributed by atoms with Crippen molar-refractivity contribution in [3.63, 3.8) is 0 Å². The van der Waals surface area contributed by atoms with Gasteiger partial charge in [0.1, 0.15) is 5.70 Å². The summed E-state index contributed by atoms with van der Waals surface area (Å²) in [6.45, 7) is 0.228. The van der Waals surface area contributed by atoms with E-state index >= 15 is 0 Å². The van der Waals surface area contributed by atoms with Gasteiger partial charge in [-0.25, -0.2) is 4.79 Å². The second-order valence-electron chi connectivity index (χ2n) is 5.01. The molecule has 110 valence electrons. The molecule has 1 N–H and O–H groups in total. The normalized spacial score (nSPS) is 20.8. The van der Waals surface area contributed by atoms with Gasteiger partial charge in [0.25, 0.3) is 0 Å². The van der Waals surface area contributed by atoms with Crippen LogP contribution in [0.2, 0.25) is 0 Å². The van der Waals surface area contributed by atoms with Crippen molar-refractivity contribution in [1.29, 1.82) is 0 Å². The maximum absolute atomic E-state index is 12.0. The molecule has 0 radical (unpaired) electrons. The minimum absolute atomic E-state index is 0.228. The van der Waals surface area contributed by atoms with Crippen LogP contribution in [0.5, 0.6) is 11.5 Å². The number of esters is 1. The van der Waals surface area contributed by atoms with E-state index in [4.69, 9.17) is 14.2 Å². The van der Waals surface area contributed by atoms with Crippen molar-refractivity contribution in [2.45, 2.75) is 6.23 Å². The third kappa shape index (κ3) is 2.26. The summed E-state index contributed by atoms with van der Waals surface area (Å²) in [4.78, 5) is 12.0. The van der Waals surface area contributed by atoms with Gasteiger partial charge in [0.15, 0.2) is 17.7 Å². The molecule has 0 unspecified atom stereocenters. The fraction of sp³-hybridized carbons (Fsp3) is 0.118. The topological polar surface area (TPSA) is 56.8 Å². The Kier molecular flexibility index (Phi) is 2.96. The van der Waals surface area contributed by atoms with E-state index in [0.29, 0.717) is 17.2 Å². The van der Waals surface area contributed by atoms with Crippen LogP contribution in [0, 0.1) is 0 Å². The molecule has 0 aromatic heterocycles. The molecule has 2 aliphatic rings. The minimum atomic E-state index is -0.450. The van der Waals surface area contributed by atoms with E-state index in [1.54, 1.807) is 6.08 Å². The first-order valence-corrected chi connectivity index (χ1v) is 6.93. The van der Waals surface area contributed by atoms with Crippen molar-refractivity contribution >= 4 is 12.0 Å². The molecule has 1 saturated heterocycles. The summed E-state index contributed by atoms with van der Waals surface area (Å²) in [7, 11) is 0. The summed E-state index contributed by atoms with van der Waals surface area (Å²) in [6.07, 6.45) is 1.29. The molecule has 1 atom stereocenters. The molecule has 2 aromatic rings. The molecule has 0 bridgehead atoms. The molecule has 1 fully saturated rings. The smallest absolute Gasteiger partial charge is 0.356 e. The molecule has 0 aliphatic carbocycles. The average molecular weight is 295 g/mol. The predicted octanol–water partition coefficient (Wildman–Crippen LogP) is 2.60. The van der Waals surface area contributed by atoms with Crippen molar-refractivity contribution in [1.82, 2.24) is 5.32 Å². The SMILES string of the molecule is O=C1O[C@@H](c2ccccc2)N/C1=C/c1ccc2c(c1)OCO2. The molecular weight excluding hydrogens is 282 g/mol. The highest BCUT2D eigenvalue weighted by molar-refractivity contribution is 5.95. The summed E-state index contributed by atoms with van der Waals surface area (Å²) in [5, 5.41) is 3.09. The molecule has 0 spiro atoms. The Morgan fingerprint density at radius 2 is 1.86 bits per heavy atom. The Labute approximate surface area is 127 Å². The Hall–Kier alpha value is -2.95. The number of benzene rings is 2. The summed E-state index contributed by atoms with van der Waals surface area (Å²) in [6, 6.07) is 15.1. The Morgan fingerprint density at radius 3 is 2.73 bits per heavy atom. The number of fused-ring (bicyclic) bond motifs is 1. The van der Waals surface area contributed by atoms with E-state index in [1.807, 2.05) is 48.5 Å². The lowest BCUT2D eigenvalue weighted by atomic mass is 10.1. The van der Waals surface area contributed by atoms with Gasteiger partial charge in [-0.2, -0.15) is 0 Å². The summed E-state index contributed by atoms with van der Waals surface area (Å²) < 4.78 is 16.0. The lowest BCUT2D eigenvalue weighted by Crippen LogP contribution is -2.12. The van der Waals surface area contributed by atoms with Crippen LogP contribution in [-0.4, -0.2) is 12.8 Å². The van der Waals surface area contributed by atoms with E-state index in [1.165, 1.54) is 0 Å². The van der Waals surface area contributed by atoms with E-state index < -0.39 is 6.23 Å². The number of cyclic esters (lactones) is 1. The fourth-order valence-corrected chi connectivity index (χ4v) is 2.45. The number of hydrogen-bond donors (Lipinski definition) is 1. The molecule has 22 heavy (non-hydrogen) atoms. The second kappa shape index (κ2) is 5.11. The zero-order valence-corrected chi connectivity index (χ0v) is 11.6. The first-order valence-electron chi connectivity index (χ1n) is 6.93. The number of carbonyl (C=O) groups is 1. The highest BCUT2D eigenvalue weighted by Crippen LogP contribution is 2.33. The Bertz CT molecular complexity index is 755. The molecule has 5 heteroatoms. The van der Waals surface area contributed by atoms with Crippen LogP contribution in [0.1, 0.15) is 17.4 Å².